The van der Waals surface area contributed by atoms with Crippen molar-refractivity contribution in [1.29, 1.82) is 0 Å². The molecule has 3 atom stereocenters. The summed E-state index contributed by atoms with van der Waals surface area (Å²) >= 11 is 0. The highest BCUT2D eigenvalue weighted by atomic mass is 16.3. The monoisotopic (exact) mass is 240 g/mol. The number of nitrogens with two attached hydrogens (primary N) is 1. The standard InChI is InChI=1S/C14H28N2O/c15-14-7-2-1-5-12(14)11-16-9-4-3-6-13(16)8-10-17/h12-14,17H,1-11,15H2. The number of aliphatic hydroxyl groups excluding tert-OH is 1. The van der Waals surface area contributed by atoms with Gasteiger partial charge in [-0.2, -0.15) is 0 Å². The molecule has 100 valence electrons. The molecule has 0 aromatic rings. The average Bonchev–Trinajstić information content (AvgIpc) is 2.35. The lowest BCUT2D eigenvalue weighted by molar-refractivity contribution is 0.0876. The molecule has 2 fully saturated rings. The van der Waals surface area contributed by atoms with Gasteiger partial charge in [-0.1, -0.05) is 19.3 Å². The van der Waals surface area contributed by atoms with Gasteiger partial charge >= 0.3 is 0 Å². The molecule has 0 bridgehead atoms. The molecule has 1 aliphatic carbocycles. The van der Waals surface area contributed by atoms with Gasteiger partial charge < -0.3 is 10.8 Å². The zero-order chi connectivity index (χ0) is 12.1. The number of rotatable bonds is 4. The molecule has 3 nitrogen and oxygen atoms in total. The largest absolute Gasteiger partial charge is 0.396 e. The first kappa shape index (κ1) is 13.3. The van der Waals surface area contributed by atoms with Crippen molar-refractivity contribution in [2.75, 3.05) is 19.7 Å². The van der Waals surface area contributed by atoms with Crippen LogP contribution in [0.15, 0.2) is 0 Å². The van der Waals surface area contributed by atoms with Gasteiger partial charge in [-0.25, -0.2) is 0 Å². The predicted octanol–water partition coefficient (Wildman–Crippen LogP) is 1.74. The second-order valence-electron chi connectivity index (χ2n) is 5.87. The van der Waals surface area contributed by atoms with Crippen LogP contribution in [0.5, 0.6) is 0 Å². The number of piperidine rings is 1. The van der Waals surface area contributed by atoms with Crippen LogP contribution in [0.2, 0.25) is 0 Å². The Morgan fingerprint density at radius 3 is 2.59 bits per heavy atom. The number of aliphatic hydroxyl groups is 1. The molecule has 17 heavy (non-hydrogen) atoms. The van der Waals surface area contributed by atoms with Crippen LogP contribution >= 0.6 is 0 Å². The fourth-order valence-electron chi connectivity index (χ4n) is 3.54. The highest BCUT2D eigenvalue weighted by Crippen LogP contribution is 2.27. The first-order valence-corrected chi connectivity index (χ1v) is 7.41. The molecule has 0 spiro atoms. The second kappa shape index (κ2) is 6.72. The Balaban J connectivity index is 1.85. The Bertz CT molecular complexity index is 220. The number of hydrogen-bond acceptors (Lipinski definition) is 3. The number of nitrogens with zero attached hydrogens (tertiary/aromatic N) is 1. The van der Waals surface area contributed by atoms with E-state index in [1.54, 1.807) is 0 Å². The Morgan fingerprint density at radius 1 is 1.06 bits per heavy atom. The topological polar surface area (TPSA) is 49.5 Å². The highest BCUT2D eigenvalue weighted by molar-refractivity contribution is 4.84. The van der Waals surface area contributed by atoms with Crippen molar-refractivity contribution in [2.45, 2.75) is 63.5 Å². The van der Waals surface area contributed by atoms with Gasteiger partial charge in [0.25, 0.3) is 0 Å². The SMILES string of the molecule is NC1CCCCC1CN1CCCCC1CCO. The normalized spacial score (nSPS) is 36.0. The van der Waals surface area contributed by atoms with Crippen molar-refractivity contribution in [3.63, 3.8) is 0 Å². The van der Waals surface area contributed by atoms with Crippen molar-refractivity contribution in [3.05, 3.63) is 0 Å². The third-order valence-corrected chi connectivity index (χ3v) is 4.65. The molecule has 1 saturated carbocycles. The van der Waals surface area contributed by atoms with E-state index >= 15 is 0 Å². The van der Waals surface area contributed by atoms with Crippen molar-refractivity contribution >= 4 is 0 Å². The van der Waals surface area contributed by atoms with Gasteiger partial charge in [0.05, 0.1) is 0 Å². The van der Waals surface area contributed by atoms with E-state index in [1.807, 2.05) is 0 Å². The first-order chi connectivity index (χ1) is 8.31. The molecule has 0 aromatic carbocycles. The van der Waals surface area contributed by atoms with Gasteiger partial charge in [-0.15, -0.1) is 0 Å². The van der Waals surface area contributed by atoms with E-state index in [4.69, 9.17) is 10.8 Å². The van der Waals surface area contributed by atoms with E-state index in [9.17, 15) is 0 Å². The van der Waals surface area contributed by atoms with Crippen LogP contribution in [-0.4, -0.2) is 41.8 Å². The van der Waals surface area contributed by atoms with Gasteiger partial charge in [0.2, 0.25) is 0 Å². The van der Waals surface area contributed by atoms with E-state index in [0.29, 0.717) is 24.6 Å². The summed E-state index contributed by atoms with van der Waals surface area (Å²) in [5, 5.41) is 9.14. The van der Waals surface area contributed by atoms with E-state index < -0.39 is 0 Å². The Kier molecular flexibility index (Phi) is 5.26. The maximum Gasteiger partial charge on any atom is 0.0445 e. The Labute approximate surface area is 105 Å². The van der Waals surface area contributed by atoms with Crippen LogP contribution in [0, 0.1) is 5.92 Å². The fourth-order valence-corrected chi connectivity index (χ4v) is 3.54. The van der Waals surface area contributed by atoms with Crippen LogP contribution in [0.3, 0.4) is 0 Å². The lowest BCUT2D eigenvalue weighted by atomic mass is 9.84. The van der Waals surface area contributed by atoms with Crippen LogP contribution in [0.1, 0.15) is 51.4 Å². The first-order valence-electron chi connectivity index (χ1n) is 7.41. The maximum atomic E-state index is 9.14. The minimum Gasteiger partial charge on any atom is -0.396 e. The summed E-state index contributed by atoms with van der Waals surface area (Å²) < 4.78 is 0. The molecule has 0 aromatic heterocycles. The number of likely N-dealkylation sites (tertiary alicyclic amines) is 1. The molecular weight excluding hydrogens is 212 g/mol. The van der Waals surface area contributed by atoms with Crippen molar-refractivity contribution in [3.8, 4) is 0 Å². The summed E-state index contributed by atoms with van der Waals surface area (Å²) in [6.45, 7) is 2.72. The summed E-state index contributed by atoms with van der Waals surface area (Å²) in [7, 11) is 0. The van der Waals surface area contributed by atoms with E-state index in [0.717, 1.165) is 6.42 Å². The lowest BCUT2D eigenvalue weighted by Gasteiger charge is -2.40. The smallest absolute Gasteiger partial charge is 0.0445 e. The number of hydrogen-bond donors (Lipinski definition) is 2. The van der Waals surface area contributed by atoms with Crippen LogP contribution in [0.4, 0.5) is 0 Å². The Morgan fingerprint density at radius 2 is 1.82 bits per heavy atom. The molecule has 1 aliphatic heterocycles. The summed E-state index contributed by atoms with van der Waals surface area (Å²) in [6.07, 6.45) is 10.1. The Hall–Kier alpha value is -0.120. The summed E-state index contributed by atoms with van der Waals surface area (Å²) in [4.78, 5) is 2.61. The molecule has 3 N–H and O–H groups in total. The molecule has 1 heterocycles. The van der Waals surface area contributed by atoms with Gasteiger partial charge in [-0.3, -0.25) is 4.90 Å². The van der Waals surface area contributed by atoms with Gasteiger partial charge in [0.15, 0.2) is 0 Å². The molecule has 0 radical (unpaired) electrons. The summed E-state index contributed by atoms with van der Waals surface area (Å²) in [5.74, 6) is 0.697. The minimum atomic E-state index is 0.331. The molecule has 2 rings (SSSR count). The van der Waals surface area contributed by atoms with E-state index in [-0.39, 0.29) is 0 Å². The average molecular weight is 240 g/mol. The molecule has 0 amide bonds. The van der Waals surface area contributed by atoms with E-state index in [2.05, 4.69) is 4.90 Å². The van der Waals surface area contributed by atoms with Crippen LogP contribution < -0.4 is 5.73 Å². The summed E-state index contributed by atoms with van der Waals surface area (Å²) in [6, 6.07) is 1.03. The zero-order valence-corrected chi connectivity index (χ0v) is 11.0. The minimum absolute atomic E-state index is 0.331. The third-order valence-electron chi connectivity index (χ3n) is 4.65. The molecule has 3 unspecified atom stereocenters. The maximum absolute atomic E-state index is 9.14. The van der Waals surface area contributed by atoms with Crippen LogP contribution in [0.25, 0.3) is 0 Å². The van der Waals surface area contributed by atoms with E-state index in [1.165, 1.54) is 58.0 Å². The molecular formula is C14H28N2O. The zero-order valence-electron chi connectivity index (χ0n) is 11.0. The molecule has 3 heteroatoms. The quantitative estimate of drug-likeness (QED) is 0.787. The summed E-state index contributed by atoms with van der Waals surface area (Å²) in [5.41, 5.74) is 6.24. The highest BCUT2D eigenvalue weighted by Gasteiger charge is 2.28. The van der Waals surface area contributed by atoms with Crippen molar-refractivity contribution in [2.24, 2.45) is 11.7 Å². The molecule has 2 aliphatic rings. The van der Waals surface area contributed by atoms with Gasteiger partial charge in [0.1, 0.15) is 0 Å². The van der Waals surface area contributed by atoms with Crippen molar-refractivity contribution in [1.82, 2.24) is 4.90 Å². The third kappa shape index (κ3) is 3.67. The predicted molar refractivity (Wildman–Crippen MR) is 70.8 cm³/mol. The van der Waals surface area contributed by atoms with Gasteiger partial charge in [-0.05, 0) is 44.6 Å². The fraction of sp³-hybridized carbons (Fsp3) is 1.00. The van der Waals surface area contributed by atoms with Crippen LogP contribution in [-0.2, 0) is 0 Å². The van der Waals surface area contributed by atoms with Gasteiger partial charge in [0, 0.05) is 25.2 Å². The lowest BCUT2D eigenvalue weighted by Crippen LogP contribution is -2.47. The van der Waals surface area contributed by atoms with Crippen molar-refractivity contribution < 1.29 is 5.11 Å². The molecule has 1 saturated heterocycles. The second-order valence-corrected chi connectivity index (χ2v) is 5.87.